The van der Waals surface area contributed by atoms with Crippen LogP contribution in [0.4, 0.5) is 10.8 Å². The van der Waals surface area contributed by atoms with Gasteiger partial charge in [-0.15, -0.1) is 0 Å². The SMILES string of the molecule is N#Cc1c(N)nsc1N1CCC(c2ccccc2)C1. The van der Waals surface area contributed by atoms with Gasteiger partial charge in [-0.2, -0.15) is 9.64 Å². The highest BCUT2D eigenvalue weighted by atomic mass is 32.1. The lowest BCUT2D eigenvalue weighted by Crippen LogP contribution is -2.19. The van der Waals surface area contributed by atoms with Gasteiger partial charge in [0.1, 0.15) is 16.6 Å². The summed E-state index contributed by atoms with van der Waals surface area (Å²) in [5, 5.41) is 10.1. The Morgan fingerprint density at radius 1 is 1.37 bits per heavy atom. The van der Waals surface area contributed by atoms with E-state index in [0.29, 0.717) is 17.3 Å². The fourth-order valence-electron chi connectivity index (χ4n) is 2.56. The van der Waals surface area contributed by atoms with Crippen molar-refractivity contribution in [3.05, 3.63) is 41.5 Å². The first-order chi connectivity index (χ1) is 9.29. The number of nitrogens with zero attached hydrogens (tertiary/aromatic N) is 3. The van der Waals surface area contributed by atoms with Gasteiger partial charge in [-0.3, -0.25) is 0 Å². The zero-order chi connectivity index (χ0) is 13.2. The number of hydrogen-bond donors (Lipinski definition) is 1. The van der Waals surface area contributed by atoms with Crippen LogP contribution in [-0.4, -0.2) is 17.5 Å². The standard InChI is InChI=1S/C14H14N4S/c15-8-12-13(16)17-19-14(12)18-7-6-11(9-18)10-4-2-1-3-5-10/h1-5,11H,6-7,9H2,(H2,16,17). The van der Waals surface area contributed by atoms with Gasteiger partial charge in [0.2, 0.25) is 0 Å². The Balaban J connectivity index is 1.81. The average molecular weight is 270 g/mol. The van der Waals surface area contributed by atoms with E-state index < -0.39 is 0 Å². The minimum absolute atomic E-state index is 0.352. The van der Waals surface area contributed by atoms with Crippen molar-refractivity contribution in [2.24, 2.45) is 0 Å². The summed E-state index contributed by atoms with van der Waals surface area (Å²) in [6, 6.07) is 12.7. The van der Waals surface area contributed by atoms with E-state index in [2.05, 4.69) is 39.6 Å². The quantitative estimate of drug-likeness (QED) is 0.911. The number of aromatic nitrogens is 1. The molecule has 1 saturated heterocycles. The van der Waals surface area contributed by atoms with Crippen LogP contribution in [0.3, 0.4) is 0 Å². The van der Waals surface area contributed by atoms with Crippen LogP contribution < -0.4 is 10.6 Å². The third kappa shape index (κ3) is 2.15. The van der Waals surface area contributed by atoms with E-state index in [4.69, 9.17) is 11.0 Å². The summed E-state index contributed by atoms with van der Waals surface area (Å²) in [5.74, 6) is 0.877. The Labute approximate surface area is 116 Å². The van der Waals surface area contributed by atoms with E-state index in [1.54, 1.807) is 0 Å². The van der Waals surface area contributed by atoms with Crippen LogP contribution >= 0.6 is 11.5 Å². The molecule has 3 rings (SSSR count). The molecular weight excluding hydrogens is 256 g/mol. The molecule has 96 valence electrons. The summed E-state index contributed by atoms with van der Waals surface area (Å²) in [6.45, 7) is 1.89. The molecule has 0 saturated carbocycles. The largest absolute Gasteiger partial charge is 0.382 e. The molecule has 1 unspecified atom stereocenters. The Kier molecular flexibility index (Phi) is 3.10. The van der Waals surface area contributed by atoms with E-state index in [9.17, 15) is 0 Å². The Bertz CT molecular complexity index is 614. The van der Waals surface area contributed by atoms with Gasteiger partial charge in [0.25, 0.3) is 0 Å². The van der Waals surface area contributed by atoms with Crippen LogP contribution in [0, 0.1) is 11.3 Å². The zero-order valence-corrected chi connectivity index (χ0v) is 11.2. The molecule has 0 radical (unpaired) electrons. The number of anilines is 2. The minimum Gasteiger partial charge on any atom is -0.382 e. The maximum Gasteiger partial charge on any atom is 0.157 e. The van der Waals surface area contributed by atoms with Gasteiger partial charge in [-0.25, -0.2) is 0 Å². The first-order valence-corrected chi connectivity index (χ1v) is 7.02. The number of nitrogens with two attached hydrogens (primary N) is 1. The molecule has 4 nitrogen and oxygen atoms in total. The van der Waals surface area contributed by atoms with E-state index in [-0.39, 0.29) is 0 Å². The second-order valence-electron chi connectivity index (χ2n) is 4.70. The molecule has 19 heavy (non-hydrogen) atoms. The van der Waals surface area contributed by atoms with Gasteiger partial charge in [-0.05, 0) is 23.5 Å². The van der Waals surface area contributed by atoms with Gasteiger partial charge < -0.3 is 10.6 Å². The second-order valence-corrected chi connectivity index (χ2v) is 5.45. The summed E-state index contributed by atoms with van der Waals surface area (Å²) in [4.78, 5) is 2.23. The smallest absolute Gasteiger partial charge is 0.157 e. The van der Waals surface area contributed by atoms with Crippen molar-refractivity contribution < 1.29 is 0 Å². The molecule has 0 amide bonds. The van der Waals surface area contributed by atoms with Crippen molar-refractivity contribution in [2.45, 2.75) is 12.3 Å². The fraction of sp³-hybridized carbons (Fsp3) is 0.286. The van der Waals surface area contributed by atoms with Crippen LogP contribution in [0.5, 0.6) is 0 Å². The molecule has 1 fully saturated rings. The lowest BCUT2D eigenvalue weighted by atomic mass is 9.99. The molecule has 0 spiro atoms. The van der Waals surface area contributed by atoms with Crippen LogP contribution in [0.25, 0.3) is 0 Å². The van der Waals surface area contributed by atoms with Crippen LogP contribution in [0.1, 0.15) is 23.5 Å². The molecule has 2 heterocycles. The van der Waals surface area contributed by atoms with Crippen LogP contribution in [0.2, 0.25) is 0 Å². The molecule has 1 aliphatic rings. The van der Waals surface area contributed by atoms with Gasteiger partial charge >= 0.3 is 0 Å². The molecule has 0 aliphatic carbocycles. The highest BCUT2D eigenvalue weighted by molar-refractivity contribution is 7.10. The lowest BCUT2D eigenvalue weighted by Gasteiger charge is -2.16. The van der Waals surface area contributed by atoms with Crippen molar-refractivity contribution >= 4 is 22.4 Å². The zero-order valence-electron chi connectivity index (χ0n) is 10.4. The third-order valence-corrected chi connectivity index (χ3v) is 4.48. The normalized spacial score (nSPS) is 18.5. The summed E-state index contributed by atoms with van der Waals surface area (Å²) in [7, 11) is 0. The van der Waals surface area contributed by atoms with Crippen LogP contribution in [-0.2, 0) is 0 Å². The molecule has 0 bridgehead atoms. The number of rotatable bonds is 2. The van der Waals surface area contributed by atoms with E-state index in [0.717, 1.165) is 24.5 Å². The van der Waals surface area contributed by atoms with Crippen molar-refractivity contribution in [2.75, 3.05) is 23.7 Å². The molecule has 1 atom stereocenters. The molecule has 1 aliphatic heterocycles. The summed E-state index contributed by atoms with van der Waals surface area (Å²) in [5.41, 5.74) is 7.60. The maximum atomic E-state index is 9.14. The number of nitriles is 1. The first-order valence-electron chi connectivity index (χ1n) is 6.24. The van der Waals surface area contributed by atoms with E-state index in [1.807, 2.05) is 6.07 Å². The predicted octanol–water partition coefficient (Wildman–Crippen LogP) is 2.59. The lowest BCUT2D eigenvalue weighted by molar-refractivity contribution is 0.775. The van der Waals surface area contributed by atoms with Gasteiger partial charge in [0, 0.05) is 19.0 Å². The molecule has 1 aromatic carbocycles. The molecule has 2 aromatic rings. The molecule has 5 heteroatoms. The van der Waals surface area contributed by atoms with Crippen molar-refractivity contribution in [3.63, 3.8) is 0 Å². The molecule has 2 N–H and O–H groups in total. The second kappa shape index (κ2) is 4.90. The molecule has 1 aromatic heterocycles. The number of benzene rings is 1. The Morgan fingerprint density at radius 3 is 2.89 bits per heavy atom. The minimum atomic E-state index is 0.352. The third-order valence-electron chi connectivity index (χ3n) is 3.56. The van der Waals surface area contributed by atoms with Crippen molar-refractivity contribution in [3.8, 4) is 6.07 Å². The number of nitrogen functional groups attached to an aromatic ring is 1. The summed E-state index contributed by atoms with van der Waals surface area (Å²) in [6.07, 6.45) is 1.10. The average Bonchev–Trinajstić information content (AvgIpc) is 3.06. The Hall–Kier alpha value is -2.06. The highest BCUT2D eigenvalue weighted by Gasteiger charge is 2.27. The topological polar surface area (TPSA) is 65.9 Å². The van der Waals surface area contributed by atoms with Crippen molar-refractivity contribution in [1.82, 2.24) is 4.37 Å². The Morgan fingerprint density at radius 2 is 2.16 bits per heavy atom. The van der Waals surface area contributed by atoms with Crippen molar-refractivity contribution in [1.29, 1.82) is 5.26 Å². The van der Waals surface area contributed by atoms with E-state index in [1.165, 1.54) is 17.1 Å². The predicted molar refractivity (Wildman–Crippen MR) is 77.3 cm³/mol. The van der Waals surface area contributed by atoms with Gasteiger partial charge in [-0.1, -0.05) is 30.3 Å². The number of hydrogen-bond acceptors (Lipinski definition) is 5. The van der Waals surface area contributed by atoms with E-state index >= 15 is 0 Å². The van der Waals surface area contributed by atoms with Gasteiger partial charge in [0.05, 0.1) is 0 Å². The monoisotopic (exact) mass is 270 g/mol. The maximum absolute atomic E-state index is 9.14. The highest BCUT2D eigenvalue weighted by Crippen LogP contribution is 2.36. The summed E-state index contributed by atoms with van der Waals surface area (Å²) < 4.78 is 4.09. The summed E-state index contributed by atoms with van der Waals surface area (Å²) >= 11 is 1.32. The fourth-order valence-corrected chi connectivity index (χ4v) is 3.36. The van der Waals surface area contributed by atoms with Crippen LogP contribution in [0.15, 0.2) is 30.3 Å². The first kappa shape index (κ1) is 12.0. The van der Waals surface area contributed by atoms with Gasteiger partial charge in [0.15, 0.2) is 5.82 Å². The molecular formula is C14H14N4S.